The first-order valence-corrected chi connectivity index (χ1v) is 18.4. The Morgan fingerprint density at radius 1 is 0.278 bits per heavy atom. The summed E-state index contributed by atoms with van der Waals surface area (Å²) in [5.74, 6) is 0.853. The normalized spacial score (nSPS) is 11.3. The molecule has 0 aliphatic rings. The van der Waals surface area contributed by atoms with Gasteiger partial charge in [-0.05, 0) is 116 Å². The highest BCUT2D eigenvalue weighted by molar-refractivity contribution is 6.08. The second-order valence-corrected chi connectivity index (χ2v) is 13.8. The van der Waals surface area contributed by atoms with Gasteiger partial charge in [-0.3, -0.25) is 0 Å². The molecule has 0 radical (unpaired) electrons. The van der Waals surface area contributed by atoms with Crippen LogP contribution in [0.5, 0.6) is 0 Å². The number of anilines is 3. The van der Waals surface area contributed by atoms with Gasteiger partial charge in [0.1, 0.15) is 11.3 Å². The van der Waals surface area contributed by atoms with Crippen molar-refractivity contribution in [2.24, 2.45) is 0 Å². The molecule has 0 N–H and O–H groups in total. The summed E-state index contributed by atoms with van der Waals surface area (Å²) in [6.07, 6.45) is 0. The van der Waals surface area contributed by atoms with Crippen LogP contribution in [-0.2, 0) is 0 Å². The molecule has 9 aromatic carbocycles. The van der Waals surface area contributed by atoms with Crippen LogP contribution in [0.2, 0.25) is 0 Å². The van der Waals surface area contributed by atoms with Gasteiger partial charge in [-0.15, -0.1) is 0 Å². The van der Waals surface area contributed by atoms with Gasteiger partial charge in [-0.1, -0.05) is 152 Å². The van der Waals surface area contributed by atoms with E-state index in [9.17, 15) is 0 Å². The van der Waals surface area contributed by atoms with E-state index >= 15 is 0 Å². The standard InChI is InChI=1S/C52H35NO/c1-2-10-36(11-3-1)40-14-8-15-41(32-40)37-22-27-46(28-23-37)53(48-17-9-16-44(34-48)52-35-45-13-5-7-19-51(45)54-52)47-29-24-38(25-30-47)42-26-31-50-43(33-42)21-20-39-12-4-6-18-49(39)50/h1-35H. The Bertz CT molecular complexity index is 2890. The lowest BCUT2D eigenvalue weighted by Gasteiger charge is -2.26. The first kappa shape index (κ1) is 31.6. The topological polar surface area (TPSA) is 16.4 Å². The minimum atomic E-state index is 0.853. The molecule has 0 aliphatic heterocycles. The van der Waals surface area contributed by atoms with Crippen LogP contribution in [0.1, 0.15) is 0 Å². The molecule has 0 saturated carbocycles. The summed E-state index contributed by atoms with van der Waals surface area (Å²) in [6, 6.07) is 75.9. The SMILES string of the molecule is c1ccc(-c2cccc(-c3ccc(N(c4ccc(-c5ccc6c(ccc7ccccc76)c5)cc4)c4cccc(-c5cc6ccccc6o5)c4)cc3)c2)cc1. The molecule has 0 aliphatic carbocycles. The van der Waals surface area contributed by atoms with Crippen LogP contribution in [-0.4, -0.2) is 0 Å². The smallest absolute Gasteiger partial charge is 0.135 e. The van der Waals surface area contributed by atoms with Gasteiger partial charge < -0.3 is 9.32 Å². The summed E-state index contributed by atoms with van der Waals surface area (Å²) < 4.78 is 6.31. The van der Waals surface area contributed by atoms with E-state index in [0.717, 1.165) is 39.4 Å². The van der Waals surface area contributed by atoms with Crippen molar-refractivity contribution in [3.8, 4) is 44.7 Å². The van der Waals surface area contributed by atoms with Crippen molar-refractivity contribution in [1.82, 2.24) is 0 Å². The highest BCUT2D eigenvalue weighted by atomic mass is 16.3. The zero-order valence-corrected chi connectivity index (χ0v) is 29.6. The molecule has 0 spiro atoms. The molecule has 0 amide bonds. The Labute approximate surface area is 314 Å². The van der Waals surface area contributed by atoms with Gasteiger partial charge in [0.25, 0.3) is 0 Å². The number of furan rings is 1. The van der Waals surface area contributed by atoms with Crippen molar-refractivity contribution in [3.63, 3.8) is 0 Å². The quantitative estimate of drug-likeness (QED) is 0.155. The van der Waals surface area contributed by atoms with Gasteiger partial charge in [0.05, 0.1) is 0 Å². The minimum absolute atomic E-state index is 0.853. The number of fused-ring (bicyclic) bond motifs is 4. The maximum Gasteiger partial charge on any atom is 0.135 e. The predicted molar refractivity (Wildman–Crippen MR) is 228 cm³/mol. The van der Waals surface area contributed by atoms with E-state index in [0.29, 0.717) is 0 Å². The van der Waals surface area contributed by atoms with E-state index in [1.54, 1.807) is 0 Å². The molecule has 2 heteroatoms. The van der Waals surface area contributed by atoms with Crippen LogP contribution in [0, 0.1) is 0 Å². The third-order valence-electron chi connectivity index (χ3n) is 10.4. The molecule has 0 atom stereocenters. The highest BCUT2D eigenvalue weighted by Crippen LogP contribution is 2.40. The summed E-state index contributed by atoms with van der Waals surface area (Å²) in [5.41, 5.74) is 12.3. The van der Waals surface area contributed by atoms with E-state index in [2.05, 4.69) is 199 Å². The van der Waals surface area contributed by atoms with Crippen molar-refractivity contribution < 1.29 is 4.42 Å². The van der Waals surface area contributed by atoms with Crippen molar-refractivity contribution in [1.29, 1.82) is 0 Å². The molecule has 54 heavy (non-hydrogen) atoms. The molecule has 254 valence electrons. The number of rotatable bonds is 7. The Morgan fingerprint density at radius 3 is 1.56 bits per heavy atom. The van der Waals surface area contributed by atoms with Crippen LogP contribution >= 0.6 is 0 Å². The zero-order valence-electron chi connectivity index (χ0n) is 29.6. The third kappa shape index (κ3) is 5.90. The fraction of sp³-hybridized carbons (Fsp3) is 0. The monoisotopic (exact) mass is 689 g/mol. The molecular weight excluding hydrogens is 655 g/mol. The Morgan fingerprint density at radius 2 is 0.815 bits per heavy atom. The maximum absolute atomic E-state index is 6.31. The number of hydrogen-bond acceptors (Lipinski definition) is 2. The predicted octanol–water partition coefficient (Wildman–Crippen LogP) is 14.9. The lowest BCUT2D eigenvalue weighted by atomic mass is 9.97. The first-order chi connectivity index (χ1) is 26.7. The largest absolute Gasteiger partial charge is 0.456 e. The van der Waals surface area contributed by atoms with E-state index in [1.165, 1.54) is 54.9 Å². The summed E-state index contributed by atoms with van der Waals surface area (Å²) >= 11 is 0. The van der Waals surface area contributed by atoms with Crippen molar-refractivity contribution in [2.45, 2.75) is 0 Å². The number of nitrogens with zero attached hydrogens (tertiary/aromatic N) is 1. The summed E-state index contributed by atoms with van der Waals surface area (Å²) in [4.78, 5) is 2.33. The van der Waals surface area contributed by atoms with E-state index in [4.69, 9.17) is 4.42 Å². The average molecular weight is 690 g/mol. The molecule has 0 fully saturated rings. The van der Waals surface area contributed by atoms with E-state index in [1.807, 2.05) is 18.2 Å². The summed E-state index contributed by atoms with van der Waals surface area (Å²) in [6.45, 7) is 0. The summed E-state index contributed by atoms with van der Waals surface area (Å²) in [5, 5.41) is 6.17. The molecule has 0 bridgehead atoms. The van der Waals surface area contributed by atoms with E-state index < -0.39 is 0 Å². The molecule has 10 rings (SSSR count). The van der Waals surface area contributed by atoms with Gasteiger partial charge in [0.15, 0.2) is 0 Å². The van der Waals surface area contributed by atoms with Crippen molar-refractivity contribution in [3.05, 3.63) is 212 Å². The zero-order chi connectivity index (χ0) is 35.8. The number of benzene rings is 9. The molecule has 1 aromatic heterocycles. The Hall–Kier alpha value is -7.16. The van der Waals surface area contributed by atoms with Crippen LogP contribution < -0.4 is 4.90 Å². The lowest BCUT2D eigenvalue weighted by molar-refractivity contribution is 0.631. The van der Waals surface area contributed by atoms with Gasteiger partial charge in [-0.25, -0.2) is 0 Å². The van der Waals surface area contributed by atoms with Crippen LogP contribution in [0.4, 0.5) is 17.1 Å². The number of hydrogen-bond donors (Lipinski definition) is 0. The second kappa shape index (κ2) is 13.4. The van der Waals surface area contributed by atoms with Gasteiger partial charge in [0, 0.05) is 28.0 Å². The first-order valence-electron chi connectivity index (χ1n) is 18.4. The fourth-order valence-electron chi connectivity index (χ4n) is 7.68. The van der Waals surface area contributed by atoms with E-state index in [-0.39, 0.29) is 0 Å². The molecular formula is C52H35NO. The van der Waals surface area contributed by atoms with Crippen LogP contribution in [0.25, 0.3) is 77.2 Å². The van der Waals surface area contributed by atoms with Crippen molar-refractivity contribution in [2.75, 3.05) is 4.90 Å². The Kier molecular flexibility index (Phi) is 7.85. The van der Waals surface area contributed by atoms with Crippen molar-refractivity contribution >= 4 is 49.6 Å². The minimum Gasteiger partial charge on any atom is -0.456 e. The van der Waals surface area contributed by atoms with Crippen LogP contribution in [0.3, 0.4) is 0 Å². The fourth-order valence-corrected chi connectivity index (χ4v) is 7.68. The average Bonchev–Trinajstić information content (AvgIpc) is 3.69. The molecule has 2 nitrogen and oxygen atoms in total. The van der Waals surface area contributed by atoms with Gasteiger partial charge in [-0.2, -0.15) is 0 Å². The summed E-state index contributed by atoms with van der Waals surface area (Å²) in [7, 11) is 0. The van der Waals surface area contributed by atoms with Crippen LogP contribution in [0.15, 0.2) is 217 Å². The molecule has 0 unspecified atom stereocenters. The maximum atomic E-state index is 6.31. The third-order valence-corrected chi connectivity index (χ3v) is 10.4. The highest BCUT2D eigenvalue weighted by Gasteiger charge is 2.16. The lowest BCUT2D eigenvalue weighted by Crippen LogP contribution is -2.10. The van der Waals surface area contributed by atoms with Gasteiger partial charge >= 0.3 is 0 Å². The molecule has 10 aromatic rings. The molecule has 1 heterocycles. The second-order valence-electron chi connectivity index (χ2n) is 13.8. The van der Waals surface area contributed by atoms with Gasteiger partial charge in [0.2, 0.25) is 0 Å². The molecule has 0 saturated heterocycles. The number of para-hydroxylation sites is 1. The Balaban J connectivity index is 1.03.